The summed E-state index contributed by atoms with van der Waals surface area (Å²) in [6, 6.07) is 0.814. The van der Waals surface area contributed by atoms with Crippen LogP contribution < -0.4 is 16.4 Å². The number of hydrogen-bond acceptors (Lipinski definition) is 5. The van der Waals surface area contributed by atoms with Crippen LogP contribution in [0.3, 0.4) is 0 Å². The zero-order valence-corrected chi connectivity index (χ0v) is 17.3. The number of imidazole rings is 1. The molecule has 2 atom stereocenters. The quantitative estimate of drug-likeness (QED) is 0.468. The second-order valence-electron chi connectivity index (χ2n) is 8.47. The van der Waals surface area contributed by atoms with Crippen LogP contribution in [-0.2, 0) is 6.54 Å². The van der Waals surface area contributed by atoms with Crippen LogP contribution in [0.2, 0.25) is 0 Å². The van der Waals surface area contributed by atoms with Crippen molar-refractivity contribution in [2.45, 2.75) is 62.8 Å². The molecule has 0 saturated heterocycles. The summed E-state index contributed by atoms with van der Waals surface area (Å²) in [5, 5.41) is 18.4. The van der Waals surface area contributed by atoms with E-state index in [9.17, 15) is 31.9 Å². The number of nitrogens with two attached hydrogens (primary N) is 1. The fourth-order valence-electron chi connectivity index (χ4n) is 3.71. The van der Waals surface area contributed by atoms with Gasteiger partial charge in [0.25, 0.3) is 0 Å². The maximum atomic E-state index is 13.5. The van der Waals surface area contributed by atoms with Gasteiger partial charge < -0.3 is 21.5 Å². The van der Waals surface area contributed by atoms with E-state index in [2.05, 4.69) is 20.7 Å². The molecular weight excluding hydrogens is 439 g/mol. The molecule has 0 spiro atoms. The van der Waals surface area contributed by atoms with Gasteiger partial charge in [-0.2, -0.15) is 18.3 Å². The van der Waals surface area contributed by atoms with E-state index < -0.39 is 36.3 Å². The van der Waals surface area contributed by atoms with Crippen LogP contribution in [0.5, 0.6) is 0 Å². The highest BCUT2D eigenvalue weighted by Crippen LogP contribution is 2.41. The topological polar surface area (TPSA) is 118 Å². The lowest BCUT2D eigenvalue weighted by Crippen LogP contribution is -2.57. The van der Waals surface area contributed by atoms with Crippen LogP contribution in [0, 0.1) is 5.92 Å². The van der Waals surface area contributed by atoms with E-state index in [0.29, 0.717) is 16.9 Å². The zero-order valence-electron chi connectivity index (χ0n) is 17.3. The summed E-state index contributed by atoms with van der Waals surface area (Å²) in [5.41, 5.74) is 4.14. The van der Waals surface area contributed by atoms with E-state index in [-0.39, 0.29) is 38.1 Å². The van der Waals surface area contributed by atoms with Gasteiger partial charge in [0.15, 0.2) is 5.65 Å². The van der Waals surface area contributed by atoms with E-state index >= 15 is 0 Å². The average Bonchev–Trinajstić information content (AvgIpc) is 3.08. The van der Waals surface area contributed by atoms with Gasteiger partial charge in [-0.15, -0.1) is 0 Å². The molecule has 0 radical (unpaired) electrons. The van der Waals surface area contributed by atoms with Gasteiger partial charge in [-0.25, -0.2) is 23.1 Å². The lowest BCUT2D eigenvalue weighted by molar-refractivity contribution is -0.179. The number of alkyl halides is 5. The molecule has 1 amide bonds. The van der Waals surface area contributed by atoms with Crippen molar-refractivity contribution in [3.8, 4) is 0 Å². The van der Waals surface area contributed by atoms with Gasteiger partial charge in [0, 0.05) is 25.9 Å². The average molecular weight is 464 g/mol. The van der Waals surface area contributed by atoms with Crippen molar-refractivity contribution >= 4 is 11.7 Å². The third-order valence-corrected chi connectivity index (χ3v) is 5.70. The highest BCUT2D eigenvalue weighted by Gasteiger charge is 2.47. The fraction of sp³-hybridized carbons (Fsp3) is 0.632. The Morgan fingerprint density at radius 3 is 2.62 bits per heavy atom. The number of nitrogens with one attached hydrogen (secondary N) is 2. The van der Waals surface area contributed by atoms with Gasteiger partial charge >= 0.3 is 12.3 Å². The standard InChI is InChI=1S/C19H25F5N6O2/c1-17(25,19(22,23)24)10-26-7-11-6-14-28-13(9-30(14)27-8-11)15(29-16(31)32)12-2-4-18(20,21)5-3-12/h6,8-9,12,15,26,29H,2-5,7,10,25H2,1H3,(H,31,32). The molecule has 1 saturated carbocycles. The lowest BCUT2D eigenvalue weighted by Gasteiger charge is -2.32. The van der Waals surface area contributed by atoms with Crippen molar-refractivity contribution in [1.82, 2.24) is 25.2 Å². The molecule has 2 aromatic heterocycles. The van der Waals surface area contributed by atoms with Crippen molar-refractivity contribution in [3.63, 3.8) is 0 Å². The Labute approximate surface area is 180 Å². The number of aromatic nitrogens is 3. The van der Waals surface area contributed by atoms with Gasteiger partial charge in [-0.05, 0) is 37.3 Å². The fourth-order valence-corrected chi connectivity index (χ4v) is 3.71. The highest BCUT2D eigenvalue weighted by atomic mass is 19.4. The number of nitrogens with zero attached hydrogens (tertiary/aromatic N) is 3. The van der Waals surface area contributed by atoms with Gasteiger partial charge in [0.2, 0.25) is 5.92 Å². The van der Waals surface area contributed by atoms with E-state index in [4.69, 9.17) is 5.73 Å². The first-order valence-electron chi connectivity index (χ1n) is 10.1. The van der Waals surface area contributed by atoms with Crippen LogP contribution in [0.25, 0.3) is 5.65 Å². The number of amides is 1. The smallest absolute Gasteiger partial charge is 0.407 e. The second kappa shape index (κ2) is 8.77. The Balaban J connectivity index is 1.74. The number of carbonyl (C=O) groups is 1. The van der Waals surface area contributed by atoms with Crippen LogP contribution >= 0.6 is 0 Å². The first kappa shape index (κ1) is 24.1. The minimum Gasteiger partial charge on any atom is -0.465 e. The van der Waals surface area contributed by atoms with Crippen molar-refractivity contribution in [1.29, 1.82) is 0 Å². The minimum absolute atomic E-state index is 0.0586. The SMILES string of the molecule is CC(N)(CNCc1cnn2cc(C(NC(=O)O)C3CCC(F)(F)CC3)nc2c1)C(F)(F)F. The Kier molecular flexibility index (Phi) is 6.61. The van der Waals surface area contributed by atoms with E-state index in [1.807, 2.05) is 0 Å². The van der Waals surface area contributed by atoms with Gasteiger partial charge in [-0.3, -0.25) is 0 Å². The highest BCUT2D eigenvalue weighted by molar-refractivity contribution is 5.65. The van der Waals surface area contributed by atoms with E-state index in [1.54, 1.807) is 6.07 Å². The summed E-state index contributed by atoms with van der Waals surface area (Å²) >= 11 is 0. The molecule has 0 aliphatic heterocycles. The Bertz CT molecular complexity index is 951. The maximum Gasteiger partial charge on any atom is 0.407 e. The predicted molar refractivity (Wildman–Crippen MR) is 104 cm³/mol. The Morgan fingerprint density at radius 2 is 2.03 bits per heavy atom. The number of hydrogen-bond donors (Lipinski definition) is 4. The summed E-state index contributed by atoms with van der Waals surface area (Å²) in [6.07, 6.45) is -3.26. The first-order valence-corrected chi connectivity index (χ1v) is 10.1. The Hall–Kier alpha value is -2.54. The van der Waals surface area contributed by atoms with Gasteiger partial charge in [-0.1, -0.05) is 0 Å². The Morgan fingerprint density at radius 1 is 1.38 bits per heavy atom. The van der Waals surface area contributed by atoms with Crippen LogP contribution in [0.1, 0.15) is 49.9 Å². The van der Waals surface area contributed by atoms with E-state index in [0.717, 1.165) is 6.92 Å². The van der Waals surface area contributed by atoms with Crippen LogP contribution in [-0.4, -0.2) is 50.0 Å². The number of fused-ring (bicyclic) bond motifs is 1. The molecule has 1 aliphatic carbocycles. The third-order valence-electron chi connectivity index (χ3n) is 5.70. The molecule has 1 fully saturated rings. The van der Waals surface area contributed by atoms with Crippen LogP contribution in [0.4, 0.5) is 26.7 Å². The summed E-state index contributed by atoms with van der Waals surface area (Å²) in [7, 11) is 0. The molecule has 5 N–H and O–H groups in total. The molecule has 13 heteroatoms. The monoisotopic (exact) mass is 464 g/mol. The normalized spacial score (nSPS) is 20.1. The van der Waals surface area contributed by atoms with Crippen molar-refractivity contribution in [2.75, 3.05) is 6.54 Å². The molecule has 32 heavy (non-hydrogen) atoms. The summed E-state index contributed by atoms with van der Waals surface area (Å²) in [6.45, 7) is 0.445. The molecule has 3 rings (SSSR count). The summed E-state index contributed by atoms with van der Waals surface area (Å²) < 4.78 is 67.0. The molecule has 1 aliphatic rings. The zero-order chi connectivity index (χ0) is 23.7. The second-order valence-corrected chi connectivity index (χ2v) is 8.47. The summed E-state index contributed by atoms with van der Waals surface area (Å²) in [4.78, 5) is 15.7. The maximum absolute atomic E-state index is 13.5. The number of carboxylic acid groups (broad SMARTS) is 1. The molecule has 2 unspecified atom stereocenters. The minimum atomic E-state index is -4.56. The van der Waals surface area contributed by atoms with E-state index in [1.165, 1.54) is 16.9 Å². The van der Waals surface area contributed by atoms with Crippen molar-refractivity contribution < 1.29 is 31.9 Å². The molecule has 2 aromatic rings. The first-order chi connectivity index (χ1) is 14.8. The third kappa shape index (κ3) is 5.63. The number of halogens is 5. The largest absolute Gasteiger partial charge is 0.465 e. The number of rotatable bonds is 7. The molecule has 8 nitrogen and oxygen atoms in total. The van der Waals surface area contributed by atoms with Gasteiger partial charge in [0.05, 0.1) is 24.1 Å². The van der Waals surface area contributed by atoms with Crippen LogP contribution in [0.15, 0.2) is 18.5 Å². The van der Waals surface area contributed by atoms with Crippen molar-refractivity contribution in [2.24, 2.45) is 11.7 Å². The molecule has 2 heterocycles. The molecule has 0 bridgehead atoms. The summed E-state index contributed by atoms with van der Waals surface area (Å²) in [5.74, 6) is -3.10. The predicted octanol–water partition coefficient (Wildman–Crippen LogP) is 3.23. The lowest BCUT2D eigenvalue weighted by atomic mass is 9.81. The van der Waals surface area contributed by atoms with Crippen molar-refractivity contribution in [3.05, 3.63) is 29.7 Å². The van der Waals surface area contributed by atoms with Gasteiger partial charge in [0.1, 0.15) is 5.54 Å². The molecular formula is C19H25F5N6O2. The molecule has 178 valence electrons. The molecule has 0 aromatic carbocycles.